The Morgan fingerprint density at radius 1 is 1.53 bits per heavy atom. The maximum atomic E-state index is 12.1. The van der Waals surface area contributed by atoms with Crippen LogP contribution in [-0.2, 0) is 6.42 Å². The van der Waals surface area contributed by atoms with Gasteiger partial charge in [-0.05, 0) is 18.6 Å². The van der Waals surface area contributed by atoms with Gasteiger partial charge in [0.25, 0.3) is 5.91 Å². The number of nitrogen functional groups attached to an aromatic ring is 1. The number of aromatic nitrogens is 2. The minimum atomic E-state index is -0.363. The number of hydrogen-bond acceptors (Lipinski definition) is 3. The van der Waals surface area contributed by atoms with Gasteiger partial charge in [-0.25, -0.2) is 0 Å². The molecule has 6 heteroatoms. The van der Waals surface area contributed by atoms with Crippen LogP contribution in [0.3, 0.4) is 0 Å². The zero-order chi connectivity index (χ0) is 13.8. The lowest BCUT2D eigenvalue weighted by Gasteiger charge is -2.06. The Morgan fingerprint density at radius 3 is 3.00 bits per heavy atom. The number of hydrogen-bond donors (Lipinski definition) is 3. The molecule has 1 aromatic heterocycles. The van der Waals surface area contributed by atoms with Gasteiger partial charge in [0.2, 0.25) is 0 Å². The predicted molar refractivity (Wildman–Crippen MR) is 76.4 cm³/mol. The molecule has 0 unspecified atom stereocenters. The summed E-state index contributed by atoms with van der Waals surface area (Å²) >= 11 is 5.98. The molecule has 0 aliphatic heterocycles. The number of nitrogens with two attached hydrogens (primary N) is 1. The number of benzene rings is 1. The van der Waals surface area contributed by atoms with Gasteiger partial charge in [0, 0.05) is 17.4 Å². The summed E-state index contributed by atoms with van der Waals surface area (Å²) in [4.78, 5) is 12.1. The third-order valence-electron chi connectivity index (χ3n) is 2.66. The van der Waals surface area contributed by atoms with Crippen molar-refractivity contribution in [3.8, 4) is 0 Å². The molecule has 1 heterocycles. The fourth-order valence-electron chi connectivity index (χ4n) is 1.78. The van der Waals surface area contributed by atoms with Gasteiger partial charge in [-0.1, -0.05) is 31.0 Å². The molecule has 0 aliphatic rings. The second kappa shape index (κ2) is 5.75. The van der Waals surface area contributed by atoms with Crippen molar-refractivity contribution in [1.82, 2.24) is 10.2 Å². The van der Waals surface area contributed by atoms with Gasteiger partial charge >= 0.3 is 0 Å². The summed E-state index contributed by atoms with van der Waals surface area (Å²) in [6.07, 6.45) is 1.89. The minimum absolute atomic E-state index is 0.268. The Labute approximate surface area is 116 Å². The average Bonchev–Trinajstić information content (AvgIpc) is 2.77. The summed E-state index contributed by atoms with van der Waals surface area (Å²) in [5.74, 6) is 0.102. The van der Waals surface area contributed by atoms with Gasteiger partial charge < -0.3 is 11.1 Å². The van der Waals surface area contributed by atoms with E-state index in [1.807, 2.05) is 0 Å². The summed E-state index contributed by atoms with van der Waals surface area (Å²) < 4.78 is 0. The van der Waals surface area contributed by atoms with E-state index in [1.165, 1.54) is 0 Å². The van der Waals surface area contributed by atoms with Crippen LogP contribution in [0.15, 0.2) is 24.3 Å². The molecule has 0 saturated heterocycles. The van der Waals surface area contributed by atoms with Gasteiger partial charge in [-0.2, -0.15) is 5.10 Å². The fourth-order valence-corrected chi connectivity index (χ4v) is 2.05. The highest BCUT2D eigenvalue weighted by Gasteiger charge is 2.15. The summed E-state index contributed by atoms with van der Waals surface area (Å²) in [6.45, 7) is 2.07. The van der Waals surface area contributed by atoms with E-state index in [0.717, 1.165) is 18.5 Å². The molecule has 1 amide bonds. The first-order chi connectivity index (χ1) is 9.11. The van der Waals surface area contributed by atoms with E-state index in [2.05, 4.69) is 22.4 Å². The highest BCUT2D eigenvalue weighted by molar-refractivity contribution is 6.35. The number of halogens is 1. The van der Waals surface area contributed by atoms with Crippen LogP contribution in [0.5, 0.6) is 0 Å². The smallest absolute Gasteiger partial charge is 0.260 e. The number of amides is 1. The lowest BCUT2D eigenvalue weighted by Crippen LogP contribution is -2.14. The van der Waals surface area contributed by atoms with Gasteiger partial charge in [-0.3, -0.25) is 9.89 Å². The Bertz CT molecular complexity index is 574. The fraction of sp³-hybridized carbons (Fsp3) is 0.231. The Kier molecular flexibility index (Phi) is 4.06. The highest BCUT2D eigenvalue weighted by atomic mass is 35.5. The maximum absolute atomic E-state index is 12.1. The molecule has 2 aromatic rings. The third-order valence-corrected chi connectivity index (χ3v) is 2.98. The second-order valence-corrected chi connectivity index (χ2v) is 4.59. The Hall–Kier alpha value is -2.01. The predicted octanol–water partition coefficient (Wildman–Crippen LogP) is 2.85. The van der Waals surface area contributed by atoms with Crippen LogP contribution in [0.2, 0.25) is 5.02 Å². The van der Waals surface area contributed by atoms with Crippen molar-refractivity contribution < 1.29 is 4.79 Å². The van der Waals surface area contributed by atoms with Crippen molar-refractivity contribution in [1.29, 1.82) is 0 Å². The van der Waals surface area contributed by atoms with Crippen molar-refractivity contribution in [2.24, 2.45) is 0 Å². The zero-order valence-corrected chi connectivity index (χ0v) is 11.3. The number of aryl methyl sites for hydroxylation is 1. The standard InChI is InChI=1S/C13H15ClN4O/c1-2-4-8-7-11(18-17-8)16-13(19)12-9(14)5-3-6-10(12)15/h3,5-7H,2,4,15H2,1H3,(H2,16,17,18,19). The van der Waals surface area contributed by atoms with Gasteiger partial charge in [0.15, 0.2) is 5.82 Å². The molecule has 0 aliphatic carbocycles. The number of carbonyl (C=O) groups excluding carboxylic acids is 1. The molecule has 0 radical (unpaired) electrons. The largest absolute Gasteiger partial charge is 0.398 e. The molecule has 0 bridgehead atoms. The number of nitrogens with zero attached hydrogens (tertiary/aromatic N) is 1. The van der Waals surface area contributed by atoms with Gasteiger partial charge in [-0.15, -0.1) is 0 Å². The average molecular weight is 279 g/mol. The highest BCUT2D eigenvalue weighted by Crippen LogP contribution is 2.23. The molecular weight excluding hydrogens is 264 g/mol. The molecule has 100 valence electrons. The number of carbonyl (C=O) groups is 1. The molecule has 2 rings (SSSR count). The third kappa shape index (κ3) is 3.06. The van der Waals surface area contributed by atoms with Crippen LogP contribution in [0.25, 0.3) is 0 Å². The number of rotatable bonds is 4. The first-order valence-electron chi connectivity index (χ1n) is 6.01. The number of aromatic amines is 1. The van der Waals surface area contributed by atoms with Crippen LogP contribution in [-0.4, -0.2) is 16.1 Å². The summed E-state index contributed by atoms with van der Waals surface area (Å²) in [5, 5.41) is 9.88. The van der Waals surface area contributed by atoms with Gasteiger partial charge in [0.1, 0.15) is 0 Å². The molecule has 0 fully saturated rings. The van der Waals surface area contributed by atoms with E-state index >= 15 is 0 Å². The topological polar surface area (TPSA) is 83.8 Å². The van der Waals surface area contributed by atoms with E-state index < -0.39 is 0 Å². The molecule has 4 N–H and O–H groups in total. The molecule has 0 spiro atoms. The molecule has 0 saturated carbocycles. The summed E-state index contributed by atoms with van der Waals surface area (Å²) in [6, 6.07) is 6.75. The van der Waals surface area contributed by atoms with E-state index in [-0.39, 0.29) is 11.5 Å². The van der Waals surface area contributed by atoms with Crippen molar-refractivity contribution in [2.75, 3.05) is 11.1 Å². The number of anilines is 2. The van der Waals surface area contributed by atoms with Crippen molar-refractivity contribution in [3.63, 3.8) is 0 Å². The van der Waals surface area contributed by atoms with Crippen LogP contribution >= 0.6 is 11.6 Å². The monoisotopic (exact) mass is 278 g/mol. The van der Waals surface area contributed by atoms with E-state index in [9.17, 15) is 4.79 Å². The number of nitrogens with one attached hydrogen (secondary N) is 2. The van der Waals surface area contributed by atoms with Gasteiger partial charge in [0.05, 0.1) is 10.6 Å². The second-order valence-electron chi connectivity index (χ2n) is 4.19. The Morgan fingerprint density at radius 2 is 2.32 bits per heavy atom. The van der Waals surface area contributed by atoms with Crippen LogP contribution < -0.4 is 11.1 Å². The molecule has 5 nitrogen and oxygen atoms in total. The van der Waals surface area contributed by atoms with Crippen LogP contribution in [0.1, 0.15) is 29.4 Å². The van der Waals surface area contributed by atoms with Crippen molar-refractivity contribution in [2.45, 2.75) is 19.8 Å². The lowest BCUT2D eigenvalue weighted by atomic mass is 10.1. The van der Waals surface area contributed by atoms with Crippen molar-refractivity contribution >= 4 is 29.0 Å². The lowest BCUT2D eigenvalue weighted by molar-refractivity contribution is 0.102. The maximum Gasteiger partial charge on any atom is 0.260 e. The summed E-state index contributed by atoms with van der Waals surface area (Å²) in [5.41, 5.74) is 7.34. The number of H-pyrrole nitrogens is 1. The summed E-state index contributed by atoms with van der Waals surface area (Å²) in [7, 11) is 0. The minimum Gasteiger partial charge on any atom is -0.398 e. The molecular formula is C13H15ClN4O. The first-order valence-corrected chi connectivity index (χ1v) is 6.39. The molecule has 19 heavy (non-hydrogen) atoms. The SMILES string of the molecule is CCCc1cc(NC(=O)c2c(N)cccc2Cl)n[nH]1. The van der Waals surface area contributed by atoms with E-state index in [0.29, 0.717) is 16.5 Å². The zero-order valence-electron chi connectivity index (χ0n) is 10.5. The molecule has 0 atom stereocenters. The quantitative estimate of drug-likeness (QED) is 0.752. The van der Waals surface area contributed by atoms with Crippen LogP contribution in [0, 0.1) is 0 Å². The van der Waals surface area contributed by atoms with E-state index in [1.54, 1.807) is 24.3 Å². The normalized spacial score (nSPS) is 10.4. The first kappa shape index (κ1) is 13.4. The van der Waals surface area contributed by atoms with Crippen molar-refractivity contribution in [3.05, 3.63) is 40.5 Å². The Balaban J connectivity index is 2.16. The molecule has 1 aromatic carbocycles. The van der Waals surface area contributed by atoms with E-state index in [4.69, 9.17) is 17.3 Å². The van der Waals surface area contributed by atoms with Crippen LogP contribution in [0.4, 0.5) is 11.5 Å².